The summed E-state index contributed by atoms with van der Waals surface area (Å²) in [5.41, 5.74) is -0.0445. The summed E-state index contributed by atoms with van der Waals surface area (Å²) in [4.78, 5) is 0. The molecule has 0 bridgehead atoms. The maximum atomic E-state index is 12.8. The van der Waals surface area contributed by atoms with Crippen molar-refractivity contribution in [3.05, 3.63) is 23.2 Å². The Kier molecular flexibility index (Phi) is 4.73. The molecule has 1 atom stereocenters. The van der Waals surface area contributed by atoms with Gasteiger partial charge in [-0.3, -0.25) is 0 Å². The van der Waals surface area contributed by atoms with E-state index in [0.29, 0.717) is 13.0 Å². The molecule has 0 aliphatic carbocycles. The van der Waals surface area contributed by atoms with Crippen molar-refractivity contribution >= 4 is 0 Å². The van der Waals surface area contributed by atoms with Gasteiger partial charge in [0, 0.05) is 12.2 Å². The first kappa shape index (κ1) is 14.9. The molecule has 1 saturated heterocycles. The van der Waals surface area contributed by atoms with Gasteiger partial charge in [0.05, 0.1) is 13.0 Å². The lowest BCUT2D eigenvalue weighted by molar-refractivity contribution is -0.174. The molecule has 0 radical (unpaired) electrons. The minimum atomic E-state index is -4.56. The summed E-state index contributed by atoms with van der Waals surface area (Å²) in [7, 11) is 0. The molecule has 1 fully saturated rings. The Morgan fingerprint density at radius 1 is 1.40 bits per heavy atom. The van der Waals surface area contributed by atoms with Crippen molar-refractivity contribution in [3.63, 3.8) is 0 Å². The van der Waals surface area contributed by atoms with Crippen LogP contribution in [-0.2, 0) is 28.7 Å². The van der Waals surface area contributed by atoms with Crippen LogP contribution in [0.2, 0.25) is 0 Å². The highest BCUT2D eigenvalue weighted by Crippen LogP contribution is 2.35. The molecular formula is C14H15F3O3. The summed E-state index contributed by atoms with van der Waals surface area (Å²) in [6, 6.07) is 1.30. The summed E-state index contributed by atoms with van der Waals surface area (Å²) < 4.78 is 54.0. The first-order valence-corrected chi connectivity index (χ1v) is 6.36. The molecule has 1 aliphatic rings. The molecular weight excluding hydrogens is 273 g/mol. The van der Waals surface area contributed by atoms with Gasteiger partial charge in [-0.2, -0.15) is 13.2 Å². The van der Waals surface area contributed by atoms with Crippen LogP contribution in [0.5, 0.6) is 0 Å². The topological polar surface area (TPSA) is 31.6 Å². The fraction of sp³-hybridized carbons (Fsp3) is 0.571. The van der Waals surface area contributed by atoms with E-state index in [9.17, 15) is 13.2 Å². The van der Waals surface area contributed by atoms with E-state index in [0.717, 1.165) is 12.8 Å². The second kappa shape index (κ2) is 6.33. The molecule has 20 heavy (non-hydrogen) atoms. The Hall–Kier alpha value is -1.45. The number of ether oxygens (including phenoxy) is 2. The molecule has 6 heteroatoms. The number of hydrogen-bond acceptors (Lipinski definition) is 3. The monoisotopic (exact) mass is 288 g/mol. The van der Waals surface area contributed by atoms with E-state index >= 15 is 0 Å². The van der Waals surface area contributed by atoms with E-state index in [-0.39, 0.29) is 24.4 Å². The van der Waals surface area contributed by atoms with Gasteiger partial charge in [-0.05, 0) is 25.3 Å². The zero-order valence-electron chi connectivity index (χ0n) is 10.8. The quantitative estimate of drug-likeness (QED) is 0.794. The van der Waals surface area contributed by atoms with Gasteiger partial charge >= 0.3 is 6.18 Å². The van der Waals surface area contributed by atoms with Gasteiger partial charge in [0.25, 0.3) is 0 Å². The second-order valence-corrected chi connectivity index (χ2v) is 4.55. The third kappa shape index (κ3) is 3.78. The number of halogens is 3. The molecule has 0 saturated carbocycles. The molecule has 1 aliphatic heterocycles. The average Bonchev–Trinajstić information content (AvgIpc) is 2.81. The van der Waals surface area contributed by atoms with E-state index in [4.69, 9.17) is 20.3 Å². The maximum Gasteiger partial charge on any atom is 0.449 e. The van der Waals surface area contributed by atoms with Gasteiger partial charge < -0.3 is 13.9 Å². The molecule has 0 spiro atoms. The average molecular weight is 288 g/mol. The van der Waals surface area contributed by atoms with E-state index < -0.39 is 18.2 Å². The number of hydrogen-bond donors (Lipinski definition) is 0. The smallest absolute Gasteiger partial charge is 0.449 e. The highest BCUT2D eigenvalue weighted by molar-refractivity contribution is 5.25. The van der Waals surface area contributed by atoms with Gasteiger partial charge in [-0.25, -0.2) is 0 Å². The molecule has 2 rings (SSSR count). The van der Waals surface area contributed by atoms with Crippen LogP contribution in [0.3, 0.4) is 0 Å². The summed E-state index contributed by atoms with van der Waals surface area (Å²) >= 11 is 0. The number of alkyl halides is 3. The lowest BCUT2D eigenvalue weighted by Crippen LogP contribution is -2.22. The normalized spacial score (nSPS) is 19.8. The first-order chi connectivity index (χ1) is 9.50. The van der Waals surface area contributed by atoms with Crippen molar-refractivity contribution in [3.8, 4) is 12.3 Å². The van der Waals surface area contributed by atoms with Gasteiger partial charge in [0.1, 0.15) is 5.76 Å². The molecule has 110 valence electrons. The molecule has 1 aromatic rings. The predicted molar refractivity (Wildman–Crippen MR) is 64.6 cm³/mol. The largest absolute Gasteiger partial charge is 0.455 e. The Morgan fingerprint density at radius 2 is 2.20 bits per heavy atom. The summed E-state index contributed by atoms with van der Waals surface area (Å²) in [6.45, 7) is 0.373. The highest BCUT2D eigenvalue weighted by atomic mass is 19.4. The zero-order valence-corrected chi connectivity index (χ0v) is 10.8. The zero-order chi connectivity index (χ0) is 14.6. The Morgan fingerprint density at radius 3 is 2.80 bits per heavy atom. The summed E-state index contributed by atoms with van der Waals surface area (Å²) in [5, 5.41) is 0. The third-order valence-electron chi connectivity index (χ3n) is 2.96. The Balaban J connectivity index is 2.06. The van der Waals surface area contributed by atoms with E-state index in [1.165, 1.54) is 6.07 Å². The van der Waals surface area contributed by atoms with Crippen LogP contribution < -0.4 is 0 Å². The lowest BCUT2D eigenvalue weighted by atomic mass is 10.2. The van der Waals surface area contributed by atoms with Crippen molar-refractivity contribution in [2.75, 3.05) is 6.61 Å². The third-order valence-corrected chi connectivity index (χ3v) is 2.96. The second-order valence-electron chi connectivity index (χ2n) is 4.55. The van der Waals surface area contributed by atoms with Crippen molar-refractivity contribution in [2.45, 2.75) is 44.8 Å². The molecule has 0 N–H and O–H groups in total. The minimum Gasteiger partial charge on any atom is -0.455 e. The fourth-order valence-corrected chi connectivity index (χ4v) is 2.05. The molecule has 2 heterocycles. The Labute approximate surface area is 115 Å². The van der Waals surface area contributed by atoms with Crippen LogP contribution in [0, 0.1) is 12.3 Å². The van der Waals surface area contributed by atoms with Crippen LogP contribution in [0.15, 0.2) is 10.5 Å². The van der Waals surface area contributed by atoms with Gasteiger partial charge in [-0.1, -0.05) is 5.92 Å². The number of rotatable bonds is 4. The van der Waals surface area contributed by atoms with Crippen LogP contribution in [0.1, 0.15) is 36.3 Å². The van der Waals surface area contributed by atoms with Crippen molar-refractivity contribution in [1.82, 2.24) is 0 Å². The first-order valence-electron chi connectivity index (χ1n) is 6.36. The molecule has 1 aromatic heterocycles. The standard InChI is InChI=1S/C14H15F3O3/c1-2-5-11-8-10(13(20-11)14(15,16)17)9-19-12-6-3-4-7-18-12/h1,8,12H,3-7,9H2. The minimum absolute atomic E-state index is 0.0169. The van der Waals surface area contributed by atoms with E-state index in [1.54, 1.807) is 0 Å². The van der Waals surface area contributed by atoms with E-state index in [2.05, 4.69) is 5.92 Å². The summed E-state index contributed by atoms with van der Waals surface area (Å²) in [6.07, 6.45) is 2.68. The van der Waals surface area contributed by atoms with Crippen molar-refractivity contribution in [1.29, 1.82) is 0 Å². The predicted octanol–water partition coefficient (Wildman–Crippen LogP) is 3.52. The molecule has 0 amide bonds. The van der Waals surface area contributed by atoms with Crippen molar-refractivity contribution in [2.24, 2.45) is 0 Å². The molecule has 3 nitrogen and oxygen atoms in total. The molecule has 0 aromatic carbocycles. The van der Waals surface area contributed by atoms with Crippen molar-refractivity contribution < 1.29 is 27.1 Å². The molecule has 1 unspecified atom stereocenters. The van der Waals surface area contributed by atoms with Gasteiger partial charge in [0.15, 0.2) is 6.29 Å². The summed E-state index contributed by atoms with van der Waals surface area (Å²) in [5.74, 6) is 1.33. The lowest BCUT2D eigenvalue weighted by Gasteiger charge is -2.22. The number of terminal acetylenes is 1. The fourth-order valence-electron chi connectivity index (χ4n) is 2.05. The van der Waals surface area contributed by atoms with Crippen LogP contribution in [0.4, 0.5) is 13.2 Å². The maximum absolute atomic E-state index is 12.8. The Bertz CT molecular complexity index is 479. The van der Waals surface area contributed by atoms with E-state index in [1.807, 2.05) is 0 Å². The van der Waals surface area contributed by atoms with Crippen LogP contribution >= 0.6 is 0 Å². The van der Waals surface area contributed by atoms with Gasteiger partial charge in [-0.15, -0.1) is 6.42 Å². The number of furan rings is 1. The van der Waals surface area contributed by atoms with Crippen LogP contribution in [0.25, 0.3) is 0 Å². The highest BCUT2D eigenvalue weighted by Gasteiger charge is 2.38. The van der Waals surface area contributed by atoms with Crippen LogP contribution in [-0.4, -0.2) is 12.9 Å². The SMILES string of the molecule is C#CCc1cc(COC2CCCCO2)c(C(F)(F)F)o1. The van der Waals surface area contributed by atoms with Gasteiger partial charge in [0.2, 0.25) is 5.76 Å².